The van der Waals surface area contributed by atoms with Gasteiger partial charge in [0.25, 0.3) is 0 Å². The van der Waals surface area contributed by atoms with Crippen LogP contribution in [0.1, 0.15) is 42.5 Å². The Kier molecular flexibility index (Phi) is 9.87. The largest absolute Gasteiger partial charge is 0.495 e. The van der Waals surface area contributed by atoms with Crippen LogP contribution in [0.4, 0.5) is 28.9 Å². The van der Waals surface area contributed by atoms with E-state index in [0.717, 1.165) is 25.1 Å². The van der Waals surface area contributed by atoms with Gasteiger partial charge >= 0.3 is 6.18 Å². The molecule has 2 aliphatic rings. The van der Waals surface area contributed by atoms with E-state index in [1.165, 1.54) is 29.5 Å². The van der Waals surface area contributed by atoms with Crippen molar-refractivity contribution in [3.8, 4) is 17.6 Å². The van der Waals surface area contributed by atoms with E-state index in [0.29, 0.717) is 45.4 Å². The zero-order valence-electron chi connectivity index (χ0n) is 24.3. The number of nitrogens with one attached hydrogen (secondary N) is 2. The molecule has 3 aromatic rings. The van der Waals surface area contributed by atoms with Gasteiger partial charge in [-0.2, -0.15) is 13.2 Å². The maximum absolute atomic E-state index is 15.3. The van der Waals surface area contributed by atoms with Gasteiger partial charge in [0.05, 0.1) is 47.1 Å². The van der Waals surface area contributed by atoms with Gasteiger partial charge in [-0.1, -0.05) is 50.8 Å². The third kappa shape index (κ3) is 7.33. The predicted octanol–water partition coefficient (Wildman–Crippen LogP) is 7.61. The summed E-state index contributed by atoms with van der Waals surface area (Å²) >= 11 is 1.24. The van der Waals surface area contributed by atoms with Crippen LogP contribution in [0.3, 0.4) is 0 Å². The van der Waals surface area contributed by atoms with Crippen LogP contribution in [0.2, 0.25) is 0 Å². The quantitative estimate of drug-likeness (QED) is 0.155. The minimum Gasteiger partial charge on any atom is -0.495 e. The molecule has 0 spiro atoms. The number of methoxy groups -OCH3 is 1. The molecule has 5 rings (SSSR count). The molecular weight excluding hydrogens is 581 g/mol. The maximum Gasteiger partial charge on any atom is 0.393 e. The lowest BCUT2D eigenvalue weighted by Crippen LogP contribution is -2.50. The van der Waals surface area contributed by atoms with E-state index >= 15 is 4.39 Å². The minimum absolute atomic E-state index is 0.174. The number of nitrogens with zero attached hydrogens (tertiary/aromatic N) is 1. The van der Waals surface area contributed by atoms with Gasteiger partial charge in [0.1, 0.15) is 11.9 Å². The molecule has 0 amide bonds. The van der Waals surface area contributed by atoms with Gasteiger partial charge in [-0.25, -0.2) is 4.39 Å². The molecule has 42 heavy (non-hydrogen) atoms. The van der Waals surface area contributed by atoms with E-state index in [2.05, 4.69) is 40.7 Å². The van der Waals surface area contributed by atoms with Gasteiger partial charge < -0.3 is 15.4 Å². The van der Waals surface area contributed by atoms with Crippen molar-refractivity contribution >= 4 is 46.0 Å². The lowest BCUT2D eigenvalue weighted by molar-refractivity contribution is -0.126. The zero-order valence-corrected chi connectivity index (χ0v) is 26.0. The van der Waals surface area contributed by atoms with Gasteiger partial charge in [0.2, 0.25) is 0 Å². The van der Waals surface area contributed by atoms with E-state index in [-0.39, 0.29) is 26.1 Å². The van der Waals surface area contributed by atoms with Crippen LogP contribution in [0, 0.1) is 11.8 Å². The Balaban J connectivity index is 1.35. The van der Waals surface area contributed by atoms with E-state index in [9.17, 15) is 13.2 Å². The molecule has 1 saturated heterocycles. The molecule has 1 saturated carbocycles. The van der Waals surface area contributed by atoms with Gasteiger partial charge in [-0.15, -0.1) is 11.3 Å². The molecule has 0 bridgehead atoms. The summed E-state index contributed by atoms with van der Waals surface area (Å²) in [5.41, 5.74) is 1.63. The summed E-state index contributed by atoms with van der Waals surface area (Å²) in [6.45, 7) is 5.82. The molecule has 10 heteroatoms. The van der Waals surface area contributed by atoms with Crippen LogP contribution in [-0.4, -0.2) is 69.4 Å². The summed E-state index contributed by atoms with van der Waals surface area (Å²) in [5, 5.41) is 8.32. The lowest BCUT2D eigenvalue weighted by Gasteiger charge is -2.38. The highest BCUT2D eigenvalue weighted by Crippen LogP contribution is 2.40. The second kappa shape index (κ2) is 13.4. The second-order valence-corrected chi connectivity index (χ2v) is 14.6. The number of hydrogen-bond acceptors (Lipinski definition) is 5. The fraction of sp³-hybridized carbons (Fsp3) is 0.500. The standard InChI is InChI=1S/C32H38F4N3OPS/c1-40-29-18-22(41(2)3)13-14-27(29)37-16-7-12-30-24(19-32(34,35)36)23-10-6-11-28(31(23)42-30)38-26-15-17-39(20-25(26)33)21-8-4-5-9-21/h6,10-11,13-14,18,21,25-26,37-38H,4-5,8-9,15-17,19-20H2,1-3H3. The molecule has 2 aromatic carbocycles. The van der Waals surface area contributed by atoms with Crippen LogP contribution in [0.15, 0.2) is 36.4 Å². The first-order valence-corrected chi connectivity index (χ1v) is 17.5. The number of fused-ring (bicyclic) bond motifs is 1. The van der Waals surface area contributed by atoms with Crippen LogP contribution in [0.5, 0.6) is 5.75 Å². The van der Waals surface area contributed by atoms with Crippen molar-refractivity contribution < 1.29 is 22.3 Å². The smallest absolute Gasteiger partial charge is 0.393 e. The first-order valence-electron chi connectivity index (χ1n) is 14.5. The Morgan fingerprint density at radius 2 is 1.88 bits per heavy atom. The van der Waals surface area contributed by atoms with E-state index < -0.39 is 18.8 Å². The minimum atomic E-state index is -4.38. The number of benzene rings is 2. The SMILES string of the molecule is COc1cc(P(C)C)ccc1NCC#Cc1sc2c(NC3CCN(C4CCCC4)CC3F)cccc2c1CC(F)(F)F. The highest BCUT2D eigenvalue weighted by Gasteiger charge is 2.35. The number of ether oxygens (including phenoxy) is 1. The summed E-state index contributed by atoms with van der Waals surface area (Å²) in [6.07, 6.45) is -1.12. The number of piperidine rings is 1. The monoisotopic (exact) mass is 619 g/mol. The normalized spacial score (nSPS) is 20.1. The Morgan fingerprint density at radius 1 is 1.10 bits per heavy atom. The van der Waals surface area contributed by atoms with Crippen molar-refractivity contribution in [1.82, 2.24) is 4.90 Å². The van der Waals surface area contributed by atoms with Gasteiger partial charge in [0, 0.05) is 19.1 Å². The first kappa shape index (κ1) is 30.9. The highest BCUT2D eigenvalue weighted by molar-refractivity contribution is 7.64. The molecule has 1 aliphatic heterocycles. The number of halogens is 4. The topological polar surface area (TPSA) is 36.5 Å². The second-order valence-electron chi connectivity index (χ2n) is 11.3. The maximum atomic E-state index is 15.3. The number of hydrogen-bond donors (Lipinski definition) is 2. The van der Waals surface area contributed by atoms with Crippen molar-refractivity contribution in [2.75, 3.05) is 50.7 Å². The van der Waals surface area contributed by atoms with Crippen LogP contribution < -0.4 is 20.7 Å². The number of rotatable bonds is 8. The summed E-state index contributed by atoms with van der Waals surface area (Å²) in [5.74, 6) is 6.72. The summed E-state index contributed by atoms with van der Waals surface area (Å²) in [4.78, 5) is 2.66. The summed E-state index contributed by atoms with van der Waals surface area (Å²) < 4.78 is 62.5. The highest BCUT2D eigenvalue weighted by atomic mass is 32.1. The van der Waals surface area contributed by atoms with Gasteiger partial charge in [-0.05, 0) is 67.0 Å². The van der Waals surface area contributed by atoms with Gasteiger partial charge in [-0.3, -0.25) is 4.90 Å². The lowest BCUT2D eigenvalue weighted by atomic mass is 10.00. The Morgan fingerprint density at radius 3 is 2.57 bits per heavy atom. The zero-order chi connectivity index (χ0) is 29.9. The fourth-order valence-electron chi connectivity index (χ4n) is 6.02. The molecule has 2 N–H and O–H groups in total. The Hall–Kier alpha value is -2.53. The average molecular weight is 620 g/mol. The molecule has 226 valence electrons. The van der Waals surface area contributed by atoms with Crippen LogP contribution >= 0.6 is 19.3 Å². The molecule has 2 heterocycles. The predicted molar refractivity (Wildman–Crippen MR) is 169 cm³/mol. The average Bonchev–Trinajstić information content (AvgIpc) is 3.61. The molecule has 1 aliphatic carbocycles. The molecule has 2 unspecified atom stereocenters. The number of thiophene rings is 1. The van der Waals surface area contributed by atoms with Crippen molar-refractivity contribution in [3.05, 3.63) is 46.8 Å². The van der Waals surface area contributed by atoms with E-state index in [4.69, 9.17) is 4.74 Å². The molecule has 2 fully saturated rings. The van der Waals surface area contributed by atoms with Crippen molar-refractivity contribution in [3.63, 3.8) is 0 Å². The fourth-order valence-corrected chi connectivity index (χ4v) is 7.94. The van der Waals surface area contributed by atoms with E-state index in [1.807, 2.05) is 24.3 Å². The first-order chi connectivity index (χ1) is 20.1. The van der Waals surface area contributed by atoms with Crippen LogP contribution in [-0.2, 0) is 6.42 Å². The van der Waals surface area contributed by atoms with Gasteiger partial charge in [0.15, 0.2) is 0 Å². The third-order valence-electron chi connectivity index (χ3n) is 8.22. The molecule has 0 radical (unpaired) electrons. The molecule has 2 atom stereocenters. The van der Waals surface area contributed by atoms with Crippen molar-refractivity contribution in [2.24, 2.45) is 0 Å². The number of anilines is 2. The van der Waals surface area contributed by atoms with Crippen LogP contribution in [0.25, 0.3) is 10.1 Å². The molecular formula is C32H38F4N3OPS. The summed E-state index contributed by atoms with van der Waals surface area (Å²) in [6, 6.07) is 11.4. The molecule has 1 aromatic heterocycles. The molecule has 4 nitrogen and oxygen atoms in total. The van der Waals surface area contributed by atoms with Crippen molar-refractivity contribution in [2.45, 2.75) is 63.0 Å². The van der Waals surface area contributed by atoms with E-state index in [1.54, 1.807) is 19.2 Å². The Labute approximate surface area is 251 Å². The number of alkyl halides is 4. The Bertz CT molecular complexity index is 1440. The van der Waals surface area contributed by atoms with Crippen molar-refractivity contribution in [1.29, 1.82) is 0 Å². The number of likely N-dealkylation sites (tertiary alicyclic amines) is 1. The summed E-state index contributed by atoms with van der Waals surface area (Å²) in [7, 11) is 1.34. The third-order valence-corrected chi connectivity index (χ3v) is 10.7.